The first-order chi connectivity index (χ1) is 10.6. The zero-order valence-electron chi connectivity index (χ0n) is 12.5. The molecule has 3 rings (SSSR count). The number of ether oxygens (including phenoxy) is 1. The molecule has 0 bridgehead atoms. The number of nitrogens with one attached hydrogen (secondary N) is 1. The molecule has 0 amide bonds. The number of rotatable bonds is 4. The summed E-state index contributed by atoms with van der Waals surface area (Å²) in [5, 5.41) is 13.5. The molecule has 8 heteroatoms. The number of halogens is 1. The number of anilines is 1. The molecule has 0 saturated carbocycles. The maximum absolute atomic E-state index is 9.94. The van der Waals surface area contributed by atoms with E-state index in [4.69, 9.17) is 20.8 Å². The molecule has 1 saturated heterocycles. The highest BCUT2D eigenvalue weighted by atomic mass is 35.5. The van der Waals surface area contributed by atoms with E-state index in [9.17, 15) is 5.11 Å². The van der Waals surface area contributed by atoms with Gasteiger partial charge in [-0.25, -0.2) is 4.98 Å². The molecule has 3 heterocycles. The Morgan fingerprint density at radius 1 is 1.50 bits per heavy atom. The van der Waals surface area contributed by atoms with Gasteiger partial charge in [-0.15, -0.1) is 0 Å². The second-order valence-corrected chi connectivity index (χ2v) is 5.79. The Bertz CT molecular complexity index is 663. The summed E-state index contributed by atoms with van der Waals surface area (Å²) >= 11 is 5.93. The summed E-state index contributed by atoms with van der Waals surface area (Å²) in [5.74, 6) is 0.495. The lowest BCUT2D eigenvalue weighted by atomic mass is 10.0. The fraction of sp³-hybridized carbons (Fsp3) is 0.571. The second kappa shape index (κ2) is 6.28. The van der Waals surface area contributed by atoms with Crippen molar-refractivity contribution in [3.63, 3.8) is 0 Å². The van der Waals surface area contributed by atoms with Gasteiger partial charge in [0.1, 0.15) is 5.15 Å². The van der Waals surface area contributed by atoms with Gasteiger partial charge in [-0.1, -0.05) is 18.5 Å². The van der Waals surface area contributed by atoms with Crippen LogP contribution in [0.4, 0.5) is 6.01 Å². The highest BCUT2D eigenvalue weighted by Gasteiger charge is 2.26. The third-order valence-electron chi connectivity index (χ3n) is 3.79. The van der Waals surface area contributed by atoms with Crippen molar-refractivity contribution < 1.29 is 14.3 Å². The van der Waals surface area contributed by atoms with Crippen LogP contribution >= 0.6 is 11.6 Å². The van der Waals surface area contributed by atoms with Crippen LogP contribution in [0, 0.1) is 0 Å². The molecule has 2 aromatic heterocycles. The van der Waals surface area contributed by atoms with Crippen molar-refractivity contribution >= 4 is 28.8 Å². The van der Waals surface area contributed by atoms with Crippen LogP contribution in [-0.2, 0) is 0 Å². The number of likely N-dealkylation sites (tertiary alicyclic amines) is 1. The number of fused-ring (bicyclic) bond motifs is 1. The maximum Gasteiger partial charge on any atom is 0.297 e. The van der Waals surface area contributed by atoms with E-state index in [2.05, 4.69) is 27.1 Å². The number of piperidine rings is 1. The van der Waals surface area contributed by atoms with Gasteiger partial charge in [0, 0.05) is 25.2 Å². The molecule has 2 atom stereocenters. The van der Waals surface area contributed by atoms with E-state index in [1.807, 2.05) is 0 Å². The monoisotopic (exact) mass is 326 g/mol. The normalized spacial score (nSPS) is 22.9. The van der Waals surface area contributed by atoms with Crippen LogP contribution < -0.4 is 10.1 Å². The highest BCUT2D eigenvalue weighted by molar-refractivity contribution is 6.30. The number of β-amino-alcohol motifs (C(OH)–C–C–N with tert-alkyl or cyclic N) is 1. The molecule has 0 unspecified atom stereocenters. The van der Waals surface area contributed by atoms with E-state index < -0.39 is 0 Å². The number of nitrogens with zero attached hydrogens (tertiary/aromatic N) is 3. The average Bonchev–Trinajstić information content (AvgIpc) is 2.87. The molecular formula is C14H19ClN4O3. The van der Waals surface area contributed by atoms with Crippen molar-refractivity contribution in [2.24, 2.45) is 0 Å². The predicted molar refractivity (Wildman–Crippen MR) is 83.5 cm³/mol. The summed E-state index contributed by atoms with van der Waals surface area (Å²) in [6.07, 6.45) is 0.304. The number of likely N-dealkylation sites (N-methyl/N-ethyl adjacent to an activating group) is 1. The number of aliphatic hydroxyl groups excluding tert-OH is 1. The lowest BCUT2D eigenvalue weighted by molar-refractivity contribution is 0.0667. The van der Waals surface area contributed by atoms with E-state index in [1.54, 1.807) is 6.07 Å². The van der Waals surface area contributed by atoms with Gasteiger partial charge in [0.2, 0.25) is 11.2 Å². The molecule has 120 valence electrons. The molecule has 2 N–H and O–H groups in total. The molecule has 7 nitrogen and oxygen atoms in total. The quantitative estimate of drug-likeness (QED) is 0.828. The molecule has 0 radical (unpaired) electrons. The van der Waals surface area contributed by atoms with Gasteiger partial charge >= 0.3 is 0 Å². The summed E-state index contributed by atoms with van der Waals surface area (Å²) in [6, 6.07) is 2.01. The van der Waals surface area contributed by atoms with E-state index in [0.717, 1.165) is 13.1 Å². The number of oxazole rings is 1. The summed E-state index contributed by atoms with van der Waals surface area (Å²) in [4.78, 5) is 10.6. The number of hydrogen-bond donors (Lipinski definition) is 2. The average molecular weight is 327 g/mol. The SMILES string of the molecule is CCN1C[C@@H](O)C[C@@H](Nc2nc3nc(Cl)cc(OC)c3o2)C1. The van der Waals surface area contributed by atoms with Crippen molar-refractivity contribution in [2.75, 3.05) is 32.1 Å². The van der Waals surface area contributed by atoms with Crippen LogP contribution in [0.3, 0.4) is 0 Å². The number of aromatic nitrogens is 2. The van der Waals surface area contributed by atoms with Crippen molar-refractivity contribution in [1.82, 2.24) is 14.9 Å². The highest BCUT2D eigenvalue weighted by Crippen LogP contribution is 2.30. The van der Waals surface area contributed by atoms with Gasteiger partial charge in [-0.2, -0.15) is 4.98 Å². The summed E-state index contributed by atoms with van der Waals surface area (Å²) in [7, 11) is 1.54. The lowest BCUT2D eigenvalue weighted by Gasteiger charge is -2.34. The predicted octanol–water partition coefficient (Wildman–Crippen LogP) is 1.75. The topological polar surface area (TPSA) is 83.7 Å². The first kappa shape index (κ1) is 15.3. The Kier molecular flexibility index (Phi) is 4.37. The van der Waals surface area contributed by atoms with Gasteiger partial charge in [0.05, 0.1) is 13.2 Å². The number of methoxy groups -OCH3 is 1. The van der Waals surface area contributed by atoms with E-state index in [-0.39, 0.29) is 12.1 Å². The Hall–Kier alpha value is -1.57. The van der Waals surface area contributed by atoms with E-state index in [1.165, 1.54) is 7.11 Å². The Morgan fingerprint density at radius 2 is 2.32 bits per heavy atom. The van der Waals surface area contributed by atoms with Crippen molar-refractivity contribution in [2.45, 2.75) is 25.5 Å². The van der Waals surface area contributed by atoms with Crippen LogP contribution in [0.2, 0.25) is 5.15 Å². The third kappa shape index (κ3) is 3.11. The lowest BCUT2D eigenvalue weighted by Crippen LogP contribution is -2.48. The van der Waals surface area contributed by atoms with E-state index >= 15 is 0 Å². The van der Waals surface area contributed by atoms with E-state index in [0.29, 0.717) is 41.1 Å². The van der Waals surface area contributed by atoms with Crippen LogP contribution in [0.1, 0.15) is 13.3 Å². The smallest absolute Gasteiger partial charge is 0.297 e. The van der Waals surface area contributed by atoms with Gasteiger partial charge in [-0.05, 0) is 13.0 Å². The molecule has 0 spiro atoms. The molecule has 1 aliphatic heterocycles. The maximum atomic E-state index is 9.94. The first-order valence-electron chi connectivity index (χ1n) is 7.27. The largest absolute Gasteiger partial charge is 0.493 e. The fourth-order valence-corrected chi connectivity index (χ4v) is 2.95. The summed E-state index contributed by atoms with van der Waals surface area (Å²) in [5.41, 5.74) is 0.855. The van der Waals surface area contributed by atoms with Crippen molar-refractivity contribution in [3.05, 3.63) is 11.2 Å². The molecule has 0 aliphatic carbocycles. The Morgan fingerprint density at radius 3 is 3.05 bits per heavy atom. The summed E-state index contributed by atoms with van der Waals surface area (Å²) < 4.78 is 10.9. The number of pyridine rings is 1. The molecule has 1 aliphatic rings. The third-order valence-corrected chi connectivity index (χ3v) is 3.99. The zero-order chi connectivity index (χ0) is 15.7. The molecule has 22 heavy (non-hydrogen) atoms. The molecular weight excluding hydrogens is 308 g/mol. The van der Waals surface area contributed by atoms with Crippen LogP contribution in [-0.4, -0.2) is 58.9 Å². The number of hydrogen-bond acceptors (Lipinski definition) is 7. The standard InChI is InChI=1S/C14H19ClN4O3/c1-3-19-6-8(4-9(20)7-19)16-14-18-13-12(22-14)10(21-2)5-11(15)17-13/h5,8-9,20H,3-4,6-7H2,1-2H3,(H,16,17,18)/t8-,9+/m1/s1. The minimum Gasteiger partial charge on any atom is -0.493 e. The number of aliphatic hydroxyl groups is 1. The van der Waals surface area contributed by atoms with Crippen LogP contribution in [0.15, 0.2) is 10.5 Å². The Labute approximate surface area is 133 Å². The molecule has 1 fully saturated rings. The minimum atomic E-state index is -0.349. The van der Waals surface area contributed by atoms with Gasteiger partial charge in [0.15, 0.2) is 5.75 Å². The summed E-state index contributed by atoms with van der Waals surface area (Å²) in [6.45, 7) is 4.50. The molecule has 0 aromatic carbocycles. The van der Waals surface area contributed by atoms with Crippen LogP contribution in [0.25, 0.3) is 11.2 Å². The zero-order valence-corrected chi connectivity index (χ0v) is 13.3. The molecule has 2 aromatic rings. The van der Waals surface area contributed by atoms with Crippen molar-refractivity contribution in [3.8, 4) is 5.75 Å². The van der Waals surface area contributed by atoms with Gasteiger partial charge < -0.3 is 19.6 Å². The van der Waals surface area contributed by atoms with Crippen molar-refractivity contribution in [1.29, 1.82) is 0 Å². The van der Waals surface area contributed by atoms with Gasteiger partial charge in [0.25, 0.3) is 6.01 Å². The van der Waals surface area contributed by atoms with Crippen LogP contribution in [0.5, 0.6) is 5.75 Å². The fourth-order valence-electron chi connectivity index (χ4n) is 2.77. The minimum absolute atomic E-state index is 0.0678. The second-order valence-electron chi connectivity index (χ2n) is 5.40. The first-order valence-corrected chi connectivity index (χ1v) is 7.65. The Balaban J connectivity index is 1.82. The van der Waals surface area contributed by atoms with Gasteiger partial charge in [-0.3, -0.25) is 4.90 Å².